The highest BCUT2D eigenvalue weighted by molar-refractivity contribution is 9.10. The van der Waals surface area contributed by atoms with Crippen molar-refractivity contribution in [3.05, 3.63) is 34.8 Å². The minimum Gasteiger partial charge on any atom is -0.481 e. The lowest BCUT2D eigenvalue weighted by molar-refractivity contribution is -0.141. The van der Waals surface area contributed by atoms with Crippen LogP contribution in [0.5, 0.6) is 0 Å². The molecule has 2 rings (SSSR count). The first kappa shape index (κ1) is 12.2. The Labute approximate surface area is 98.4 Å². The Hall–Kier alpha value is -0.830. The molecule has 2 nitrogen and oxygen atoms in total. The van der Waals surface area contributed by atoms with Gasteiger partial charge in [-0.25, -0.2) is 0 Å². The van der Waals surface area contributed by atoms with Gasteiger partial charge in [-0.3, -0.25) is 4.79 Å². The second kappa shape index (κ2) is 6.62. The van der Waals surface area contributed by atoms with Gasteiger partial charge in [0.05, 0.1) is 5.92 Å². The summed E-state index contributed by atoms with van der Waals surface area (Å²) in [4.78, 5) is 10.2. The Morgan fingerprint density at radius 2 is 1.73 bits per heavy atom. The van der Waals surface area contributed by atoms with Crippen molar-refractivity contribution in [2.75, 3.05) is 0 Å². The number of benzene rings is 1. The van der Waals surface area contributed by atoms with Crippen LogP contribution in [0.4, 0.5) is 0 Å². The van der Waals surface area contributed by atoms with Crippen LogP contribution in [0.1, 0.15) is 25.7 Å². The predicted octanol–water partition coefficient (Wildman–Crippen LogP) is 3.71. The second-order valence-corrected chi connectivity index (χ2v) is 4.53. The summed E-state index contributed by atoms with van der Waals surface area (Å²) < 4.78 is 1.13. The van der Waals surface area contributed by atoms with Crippen molar-refractivity contribution < 1.29 is 9.90 Å². The molecular formula is C12H15BrO2. The molecule has 0 atom stereocenters. The van der Waals surface area contributed by atoms with Crippen molar-refractivity contribution in [3.8, 4) is 0 Å². The van der Waals surface area contributed by atoms with Crippen LogP contribution in [-0.4, -0.2) is 11.1 Å². The fraction of sp³-hybridized carbons (Fsp3) is 0.417. The topological polar surface area (TPSA) is 37.3 Å². The van der Waals surface area contributed by atoms with E-state index in [4.69, 9.17) is 5.11 Å². The monoisotopic (exact) mass is 270 g/mol. The summed E-state index contributed by atoms with van der Waals surface area (Å²) in [6.45, 7) is 0. The zero-order chi connectivity index (χ0) is 11.1. The van der Waals surface area contributed by atoms with E-state index in [1.54, 1.807) is 0 Å². The van der Waals surface area contributed by atoms with E-state index in [1.165, 1.54) is 0 Å². The summed E-state index contributed by atoms with van der Waals surface area (Å²) in [5.74, 6) is -0.627. The molecule has 0 radical (unpaired) electrons. The lowest BCUT2D eigenvalue weighted by atomic mass is 10.1. The van der Waals surface area contributed by atoms with Gasteiger partial charge in [-0.15, -0.1) is 0 Å². The molecule has 0 amide bonds. The summed E-state index contributed by atoms with van der Waals surface area (Å²) in [7, 11) is 0. The Kier molecular flexibility index (Phi) is 5.40. The van der Waals surface area contributed by atoms with Crippen molar-refractivity contribution >= 4 is 21.9 Å². The van der Waals surface area contributed by atoms with Crippen LogP contribution < -0.4 is 0 Å². The largest absolute Gasteiger partial charge is 0.481 e. The van der Waals surface area contributed by atoms with E-state index in [9.17, 15) is 4.79 Å². The highest BCUT2D eigenvalue weighted by atomic mass is 79.9. The van der Waals surface area contributed by atoms with Gasteiger partial charge in [0.2, 0.25) is 0 Å². The van der Waals surface area contributed by atoms with Crippen LogP contribution in [0.3, 0.4) is 0 Å². The zero-order valence-corrected chi connectivity index (χ0v) is 10.1. The van der Waals surface area contributed by atoms with E-state index in [0.29, 0.717) is 0 Å². The van der Waals surface area contributed by atoms with Crippen molar-refractivity contribution in [3.63, 3.8) is 0 Å². The van der Waals surface area contributed by atoms with E-state index in [0.717, 1.165) is 30.2 Å². The van der Waals surface area contributed by atoms with E-state index in [1.807, 2.05) is 30.3 Å². The summed E-state index contributed by atoms with van der Waals surface area (Å²) in [5.41, 5.74) is 0. The van der Waals surface area contributed by atoms with Gasteiger partial charge in [-0.05, 0) is 25.0 Å². The van der Waals surface area contributed by atoms with Crippen molar-refractivity contribution in [1.29, 1.82) is 0 Å². The van der Waals surface area contributed by atoms with Gasteiger partial charge in [-0.2, -0.15) is 0 Å². The Morgan fingerprint density at radius 1 is 1.20 bits per heavy atom. The van der Waals surface area contributed by atoms with Crippen LogP contribution in [0.15, 0.2) is 34.8 Å². The summed E-state index contributed by atoms with van der Waals surface area (Å²) in [6, 6.07) is 9.97. The normalized spacial score (nSPS) is 15.5. The molecule has 82 valence electrons. The summed E-state index contributed by atoms with van der Waals surface area (Å²) in [5, 5.41) is 8.41. The van der Waals surface area contributed by atoms with Crippen LogP contribution in [-0.2, 0) is 4.79 Å². The SMILES string of the molecule is Brc1ccccc1.O=C(O)C1CCCC1. The molecule has 0 heterocycles. The third kappa shape index (κ3) is 4.98. The van der Waals surface area contributed by atoms with Gasteiger partial charge in [0.25, 0.3) is 0 Å². The maximum atomic E-state index is 10.2. The zero-order valence-electron chi connectivity index (χ0n) is 8.53. The van der Waals surface area contributed by atoms with Gasteiger partial charge in [0.15, 0.2) is 0 Å². The van der Waals surface area contributed by atoms with Crippen LogP contribution >= 0.6 is 15.9 Å². The average molecular weight is 271 g/mol. The third-order valence-corrected chi connectivity index (χ3v) is 2.97. The molecule has 1 saturated carbocycles. The van der Waals surface area contributed by atoms with Crippen LogP contribution in [0, 0.1) is 5.92 Å². The maximum absolute atomic E-state index is 10.2. The van der Waals surface area contributed by atoms with Gasteiger partial charge >= 0.3 is 5.97 Å². The number of carboxylic acids is 1. The first-order valence-corrected chi connectivity index (χ1v) is 5.93. The minimum absolute atomic E-state index is 0.0185. The van der Waals surface area contributed by atoms with Crippen LogP contribution in [0.2, 0.25) is 0 Å². The molecular weight excluding hydrogens is 256 g/mol. The highest BCUT2D eigenvalue weighted by Crippen LogP contribution is 2.24. The number of halogens is 1. The Morgan fingerprint density at radius 3 is 2.00 bits per heavy atom. The molecule has 1 aliphatic rings. The first-order chi connectivity index (χ1) is 7.20. The molecule has 1 N–H and O–H groups in total. The number of hydrogen-bond acceptors (Lipinski definition) is 1. The molecule has 15 heavy (non-hydrogen) atoms. The fourth-order valence-corrected chi connectivity index (χ4v) is 1.89. The Bertz CT molecular complexity index is 292. The number of hydrogen-bond donors (Lipinski definition) is 1. The van der Waals surface area contributed by atoms with E-state index < -0.39 is 5.97 Å². The lowest BCUT2D eigenvalue weighted by Gasteiger charge is -1.97. The highest BCUT2D eigenvalue weighted by Gasteiger charge is 2.20. The molecule has 0 aliphatic heterocycles. The Balaban J connectivity index is 0.000000151. The molecule has 1 aromatic carbocycles. The van der Waals surface area contributed by atoms with Crippen molar-refractivity contribution in [2.45, 2.75) is 25.7 Å². The molecule has 0 saturated heterocycles. The molecule has 0 aromatic heterocycles. The smallest absolute Gasteiger partial charge is 0.306 e. The molecule has 3 heteroatoms. The lowest BCUT2D eigenvalue weighted by Crippen LogP contribution is -2.07. The van der Waals surface area contributed by atoms with Gasteiger partial charge in [-0.1, -0.05) is 47.0 Å². The minimum atomic E-state index is -0.609. The average Bonchev–Trinajstić information content (AvgIpc) is 2.72. The fourth-order valence-electron chi connectivity index (χ4n) is 1.59. The molecule has 0 bridgehead atoms. The van der Waals surface area contributed by atoms with E-state index in [2.05, 4.69) is 15.9 Å². The third-order valence-electron chi connectivity index (χ3n) is 2.44. The van der Waals surface area contributed by atoms with Gasteiger partial charge < -0.3 is 5.11 Å². The van der Waals surface area contributed by atoms with Crippen molar-refractivity contribution in [1.82, 2.24) is 0 Å². The second-order valence-electron chi connectivity index (χ2n) is 3.62. The predicted molar refractivity (Wildman–Crippen MR) is 63.7 cm³/mol. The van der Waals surface area contributed by atoms with Crippen LogP contribution in [0.25, 0.3) is 0 Å². The molecule has 1 aromatic rings. The van der Waals surface area contributed by atoms with Gasteiger partial charge in [0.1, 0.15) is 0 Å². The molecule has 0 spiro atoms. The van der Waals surface area contributed by atoms with Crippen molar-refractivity contribution in [2.24, 2.45) is 5.92 Å². The maximum Gasteiger partial charge on any atom is 0.306 e. The quantitative estimate of drug-likeness (QED) is 0.845. The molecule has 1 aliphatic carbocycles. The number of aliphatic carboxylic acids is 1. The van der Waals surface area contributed by atoms with Gasteiger partial charge in [0, 0.05) is 4.47 Å². The van der Waals surface area contributed by atoms with E-state index >= 15 is 0 Å². The summed E-state index contributed by atoms with van der Waals surface area (Å²) in [6.07, 6.45) is 4.01. The molecule has 1 fully saturated rings. The standard InChI is InChI=1S/C6H5Br.C6H10O2/c7-6-4-2-1-3-5-6;7-6(8)5-3-1-2-4-5/h1-5H;5H,1-4H2,(H,7,8). The number of carbonyl (C=O) groups is 1. The number of rotatable bonds is 1. The summed E-state index contributed by atoms with van der Waals surface area (Å²) >= 11 is 3.31. The van der Waals surface area contributed by atoms with E-state index in [-0.39, 0.29) is 5.92 Å². The molecule has 0 unspecified atom stereocenters. The number of carboxylic acid groups (broad SMARTS) is 1. The first-order valence-electron chi connectivity index (χ1n) is 5.13.